The molecule has 0 atom stereocenters. The van der Waals surface area contributed by atoms with E-state index in [1.165, 1.54) is 0 Å². The van der Waals surface area contributed by atoms with Gasteiger partial charge in [0.05, 0.1) is 0 Å². The zero-order valence-corrected chi connectivity index (χ0v) is 7.85. The molecule has 14 heavy (non-hydrogen) atoms. The Labute approximate surface area is 82.3 Å². The Morgan fingerprint density at radius 2 is 2.21 bits per heavy atom. The van der Waals surface area contributed by atoms with Gasteiger partial charge >= 0.3 is 0 Å². The summed E-state index contributed by atoms with van der Waals surface area (Å²) in [5.41, 5.74) is 0.963. The number of carbonyl (C=O) groups is 1. The van der Waals surface area contributed by atoms with Gasteiger partial charge in [0.25, 0.3) is 0 Å². The van der Waals surface area contributed by atoms with Crippen molar-refractivity contribution in [3.05, 3.63) is 23.8 Å². The van der Waals surface area contributed by atoms with Crippen LogP contribution in [0.5, 0.6) is 0 Å². The molecule has 0 unspecified atom stereocenters. The standard InChI is InChI=1S/C10H12N2O2/c13-7-10-11-4-1-9(12-10)8-2-5-14-6-3-8/h1,4,7-8H,2-3,5-6H2. The van der Waals surface area contributed by atoms with Crippen LogP contribution in [-0.4, -0.2) is 29.5 Å². The van der Waals surface area contributed by atoms with E-state index in [0.717, 1.165) is 31.7 Å². The predicted molar refractivity (Wildman–Crippen MR) is 50.2 cm³/mol. The smallest absolute Gasteiger partial charge is 0.192 e. The average molecular weight is 192 g/mol. The van der Waals surface area contributed by atoms with E-state index in [1.54, 1.807) is 6.20 Å². The minimum absolute atomic E-state index is 0.272. The highest BCUT2D eigenvalue weighted by Crippen LogP contribution is 2.24. The van der Waals surface area contributed by atoms with Gasteiger partial charge < -0.3 is 4.74 Å². The summed E-state index contributed by atoms with van der Waals surface area (Å²) >= 11 is 0. The van der Waals surface area contributed by atoms with Crippen molar-refractivity contribution in [1.82, 2.24) is 9.97 Å². The van der Waals surface area contributed by atoms with Crippen molar-refractivity contribution in [2.45, 2.75) is 18.8 Å². The summed E-state index contributed by atoms with van der Waals surface area (Å²) in [6.45, 7) is 1.57. The van der Waals surface area contributed by atoms with E-state index in [2.05, 4.69) is 9.97 Å². The molecule has 1 fully saturated rings. The number of aromatic nitrogens is 2. The SMILES string of the molecule is O=Cc1nccc(C2CCOCC2)n1. The monoisotopic (exact) mass is 192 g/mol. The Hall–Kier alpha value is -1.29. The molecule has 1 aliphatic rings. The Morgan fingerprint density at radius 1 is 1.43 bits per heavy atom. The molecule has 0 aromatic carbocycles. The lowest BCUT2D eigenvalue weighted by atomic mass is 9.96. The summed E-state index contributed by atoms with van der Waals surface area (Å²) in [6.07, 6.45) is 4.29. The van der Waals surface area contributed by atoms with Crippen LogP contribution in [0.4, 0.5) is 0 Å². The first kappa shape index (κ1) is 9.27. The molecule has 2 heterocycles. The lowest BCUT2D eigenvalue weighted by Crippen LogP contribution is -2.15. The quantitative estimate of drug-likeness (QED) is 0.660. The lowest BCUT2D eigenvalue weighted by molar-refractivity contribution is 0.0844. The van der Waals surface area contributed by atoms with Crippen LogP contribution in [0.2, 0.25) is 0 Å². The number of hydrogen-bond acceptors (Lipinski definition) is 4. The van der Waals surface area contributed by atoms with Crippen LogP contribution in [0.15, 0.2) is 12.3 Å². The van der Waals surface area contributed by atoms with E-state index in [4.69, 9.17) is 4.74 Å². The van der Waals surface area contributed by atoms with E-state index in [0.29, 0.717) is 12.2 Å². The van der Waals surface area contributed by atoms with E-state index in [1.807, 2.05) is 6.07 Å². The van der Waals surface area contributed by atoms with Crippen LogP contribution >= 0.6 is 0 Å². The molecule has 0 amide bonds. The molecule has 1 aliphatic heterocycles. The maximum absolute atomic E-state index is 10.5. The van der Waals surface area contributed by atoms with Crippen molar-refractivity contribution in [2.75, 3.05) is 13.2 Å². The maximum Gasteiger partial charge on any atom is 0.192 e. The Kier molecular flexibility index (Phi) is 2.84. The summed E-state index contributed by atoms with van der Waals surface area (Å²) in [7, 11) is 0. The van der Waals surface area contributed by atoms with Crippen molar-refractivity contribution in [1.29, 1.82) is 0 Å². The molecular formula is C10H12N2O2. The van der Waals surface area contributed by atoms with Gasteiger partial charge in [0.2, 0.25) is 0 Å². The highest BCUT2D eigenvalue weighted by Gasteiger charge is 2.17. The van der Waals surface area contributed by atoms with E-state index in [-0.39, 0.29) is 5.82 Å². The van der Waals surface area contributed by atoms with Crippen LogP contribution in [-0.2, 0) is 4.74 Å². The molecule has 0 saturated carbocycles. The maximum atomic E-state index is 10.5. The fourth-order valence-corrected chi connectivity index (χ4v) is 1.67. The zero-order chi connectivity index (χ0) is 9.80. The molecule has 2 rings (SSSR count). The second-order valence-corrected chi connectivity index (χ2v) is 3.34. The number of rotatable bonds is 2. The fraction of sp³-hybridized carbons (Fsp3) is 0.500. The van der Waals surface area contributed by atoms with Gasteiger partial charge in [-0.2, -0.15) is 0 Å². The minimum atomic E-state index is 0.272. The number of hydrogen-bond donors (Lipinski definition) is 0. The average Bonchev–Trinajstić information content (AvgIpc) is 2.30. The van der Waals surface area contributed by atoms with Crippen LogP contribution in [0, 0.1) is 0 Å². The van der Waals surface area contributed by atoms with Crippen LogP contribution in [0.1, 0.15) is 35.1 Å². The van der Waals surface area contributed by atoms with Gasteiger partial charge in [0.1, 0.15) is 0 Å². The molecule has 0 spiro atoms. The molecule has 1 aromatic rings. The number of carbonyl (C=O) groups excluding carboxylic acids is 1. The second-order valence-electron chi connectivity index (χ2n) is 3.34. The zero-order valence-electron chi connectivity index (χ0n) is 7.85. The molecule has 0 bridgehead atoms. The fourth-order valence-electron chi connectivity index (χ4n) is 1.67. The van der Waals surface area contributed by atoms with E-state index in [9.17, 15) is 4.79 Å². The third-order valence-electron chi connectivity index (χ3n) is 2.44. The predicted octanol–water partition coefficient (Wildman–Crippen LogP) is 1.18. The summed E-state index contributed by atoms with van der Waals surface area (Å²) < 4.78 is 5.26. The third-order valence-corrected chi connectivity index (χ3v) is 2.44. The molecular weight excluding hydrogens is 180 g/mol. The Bertz CT molecular complexity index is 322. The topological polar surface area (TPSA) is 52.1 Å². The minimum Gasteiger partial charge on any atom is -0.381 e. The van der Waals surface area contributed by atoms with Crippen LogP contribution < -0.4 is 0 Å². The van der Waals surface area contributed by atoms with Gasteiger partial charge in [-0.15, -0.1) is 0 Å². The van der Waals surface area contributed by atoms with Gasteiger partial charge in [0, 0.05) is 31.0 Å². The highest BCUT2D eigenvalue weighted by atomic mass is 16.5. The molecule has 0 N–H and O–H groups in total. The van der Waals surface area contributed by atoms with Gasteiger partial charge in [-0.05, 0) is 18.9 Å². The first-order valence-corrected chi connectivity index (χ1v) is 4.76. The largest absolute Gasteiger partial charge is 0.381 e. The van der Waals surface area contributed by atoms with Crippen molar-refractivity contribution in [3.63, 3.8) is 0 Å². The molecule has 0 aliphatic carbocycles. The lowest BCUT2D eigenvalue weighted by Gasteiger charge is -2.21. The Morgan fingerprint density at radius 3 is 2.93 bits per heavy atom. The first-order valence-electron chi connectivity index (χ1n) is 4.76. The molecule has 4 nitrogen and oxygen atoms in total. The number of nitrogens with zero attached hydrogens (tertiary/aromatic N) is 2. The third kappa shape index (κ3) is 1.96. The van der Waals surface area contributed by atoms with E-state index < -0.39 is 0 Å². The summed E-state index contributed by atoms with van der Waals surface area (Å²) in [5, 5.41) is 0. The second kappa shape index (κ2) is 4.28. The summed E-state index contributed by atoms with van der Waals surface area (Å²) in [6, 6.07) is 1.88. The molecule has 1 saturated heterocycles. The van der Waals surface area contributed by atoms with Crippen molar-refractivity contribution >= 4 is 6.29 Å². The van der Waals surface area contributed by atoms with E-state index >= 15 is 0 Å². The Balaban J connectivity index is 2.17. The van der Waals surface area contributed by atoms with Crippen molar-refractivity contribution in [2.24, 2.45) is 0 Å². The number of aldehydes is 1. The van der Waals surface area contributed by atoms with Gasteiger partial charge in [-0.1, -0.05) is 0 Å². The van der Waals surface area contributed by atoms with Crippen molar-refractivity contribution in [3.8, 4) is 0 Å². The van der Waals surface area contributed by atoms with Crippen molar-refractivity contribution < 1.29 is 9.53 Å². The molecule has 0 radical (unpaired) electrons. The van der Waals surface area contributed by atoms with Gasteiger partial charge in [-0.25, -0.2) is 9.97 Å². The summed E-state index contributed by atoms with van der Waals surface area (Å²) in [5.74, 6) is 0.694. The highest BCUT2D eigenvalue weighted by molar-refractivity contribution is 5.68. The normalized spacial score (nSPS) is 18.0. The van der Waals surface area contributed by atoms with Gasteiger partial charge in [0.15, 0.2) is 12.1 Å². The first-order chi connectivity index (χ1) is 6.90. The summed E-state index contributed by atoms with van der Waals surface area (Å²) in [4.78, 5) is 18.5. The molecule has 4 heteroatoms. The van der Waals surface area contributed by atoms with Crippen LogP contribution in [0.3, 0.4) is 0 Å². The molecule has 74 valence electrons. The number of ether oxygens (including phenoxy) is 1. The molecule has 1 aromatic heterocycles. The van der Waals surface area contributed by atoms with Gasteiger partial charge in [-0.3, -0.25) is 4.79 Å². The van der Waals surface area contributed by atoms with Crippen LogP contribution in [0.25, 0.3) is 0 Å².